The number of nitrogens with zero attached hydrogens (tertiary/aromatic N) is 4. The molecule has 7 nitrogen and oxygen atoms in total. The van der Waals surface area contributed by atoms with Gasteiger partial charge < -0.3 is 13.9 Å². The first-order valence-electron chi connectivity index (χ1n) is 8.47. The van der Waals surface area contributed by atoms with Gasteiger partial charge >= 0.3 is 0 Å². The summed E-state index contributed by atoms with van der Waals surface area (Å²) in [4.78, 5) is 11.4. The van der Waals surface area contributed by atoms with E-state index < -0.39 is 0 Å². The number of hydrogen-bond acceptors (Lipinski definition) is 9. The van der Waals surface area contributed by atoms with Gasteiger partial charge in [0.1, 0.15) is 27.2 Å². The molecule has 0 amide bonds. The van der Waals surface area contributed by atoms with E-state index in [0.717, 1.165) is 20.8 Å². The molecular formula is C19H18N4O3S2. The van der Waals surface area contributed by atoms with E-state index in [9.17, 15) is 0 Å². The zero-order valence-electron chi connectivity index (χ0n) is 16.1. The van der Waals surface area contributed by atoms with Gasteiger partial charge in [-0.2, -0.15) is 0 Å². The summed E-state index contributed by atoms with van der Waals surface area (Å²) in [6.07, 6.45) is 0. The molecule has 0 saturated heterocycles. The average molecular weight is 415 g/mol. The normalized spacial score (nSPS) is 11.2. The molecule has 4 rings (SSSR count). The minimum atomic E-state index is 0.389. The van der Waals surface area contributed by atoms with Crippen LogP contribution >= 0.6 is 23.1 Å². The maximum atomic E-state index is 5.88. The number of aryl methyl sites for hydroxylation is 3. The van der Waals surface area contributed by atoms with Crippen molar-refractivity contribution in [1.29, 1.82) is 0 Å². The molecule has 3 heterocycles. The molecule has 28 heavy (non-hydrogen) atoms. The number of hydrogen-bond donors (Lipinski definition) is 0. The Bertz CT molecular complexity index is 1150. The predicted octanol–water partition coefficient (Wildman–Crippen LogP) is 4.83. The number of fused-ring (bicyclic) bond motifs is 1. The molecule has 0 radical (unpaired) electrons. The second-order valence-electron chi connectivity index (χ2n) is 6.12. The summed E-state index contributed by atoms with van der Waals surface area (Å²) in [6, 6.07) is 5.44. The maximum absolute atomic E-state index is 5.88. The van der Waals surface area contributed by atoms with Gasteiger partial charge in [0.05, 0.1) is 14.2 Å². The number of thiophene rings is 1. The van der Waals surface area contributed by atoms with Gasteiger partial charge in [-0.05, 0) is 50.2 Å². The van der Waals surface area contributed by atoms with Gasteiger partial charge in [-0.15, -0.1) is 21.5 Å². The number of benzene rings is 1. The van der Waals surface area contributed by atoms with Crippen LogP contribution in [0.1, 0.15) is 16.3 Å². The molecule has 0 saturated carbocycles. The molecule has 0 N–H and O–H groups in total. The molecule has 0 bridgehead atoms. The summed E-state index contributed by atoms with van der Waals surface area (Å²) in [6.45, 7) is 6.06. The molecule has 1 aromatic carbocycles. The van der Waals surface area contributed by atoms with E-state index in [-0.39, 0.29) is 0 Å². The Morgan fingerprint density at radius 1 is 0.964 bits per heavy atom. The summed E-state index contributed by atoms with van der Waals surface area (Å²) < 4.78 is 16.5. The number of methoxy groups -OCH3 is 2. The highest BCUT2D eigenvalue weighted by molar-refractivity contribution is 7.99. The van der Waals surface area contributed by atoms with Crippen LogP contribution in [0, 0.1) is 20.8 Å². The molecular weight excluding hydrogens is 396 g/mol. The molecule has 0 fully saturated rings. The highest BCUT2D eigenvalue weighted by Crippen LogP contribution is 2.38. The van der Waals surface area contributed by atoms with Crippen LogP contribution < -0.4 is 9.47 Å². The second kappa shape index (κ2) is 7.40. The molecule has 9 heteroatoms. The van der Waals surface area contributed by atoms with Gasteiger partial charge in [-0.1, -0.05) is 0 Å². The van der Waals surface area contributed by atoms with Crippen LogP contribution in [0.3, 0.4) is 0 Å². The van der Waals surface area contributed by atoms with Crippen LogP contribution in [0.25, 0.3) is 21.7 Å². The van der Waals surface area contributed by atoms with Gasteiger partial charge in [-0.25, -0.2) is 9.97 Å². The van der Waals surface area contributed by atoms with E-state index >= 15 is 0 Å². The lowest BCUT2D eigenvalue weighted by atomic mass is 10.2. The highest BCUT2D eigenvalue weighted by Gasteiger charge is 2.18. The third kappa shape index (κ3) is 3.43. The lowest BCUT2D eigenvalue weighted by Crippen LogP contribution is -1.91. The Morgan fingerprint density at radius 2 is 1.68 bits per heavy atom. The third-order valence-corrected chi connectivity index (χ3v) is 6.23. The van der Waals surface area contributed by atoms with Gasteiger partial charge in [-0.3, -0.25) is 0 Å². The fraction of sp³-hybridized carbons (Fsp3) is 0.263. The van der Waals surface area contributed by atoms with Crippen LogP contribution in [-0.2, 0) is 0 Å². The third-order valence-electron chi connectivity index (χ3n) is 4.30. The van der Waals surface area contributed by atoms with E-state index in [2.05, 4.69) is 34.0 Å². The molecule has 0 atom stereocenters. The SMILES string of the molecule is COc1cc(OC)cc(-c2nnc(Sc3nc(C)nc4sc(C)c(C)c34)o2)c1. The predicted molar refractivity (Wildman–Crippen MR) is 109 cm³/mol. The maximum Gasteiger partial charge on any atom is 0.283 e. The molecule has 0 aliphatic carbocycles. The standard InChI is InChI=1S/C19H18N4O3S2/c1-9-10(2)27-17-15(9)18(21-11(3)20-17)28-19-23-22-16(26-19)12-6-13(24-4)8-14(7-12)25-5/h6-8H,1-5H3. The van der Waals surface area contributed by atoms with Crippen molar-refractivity contribution in [1.82, 2.24) is 20.2 Å². The van der Waals surface area contributed by atoms with Crippen molar-refractivity contribution in [2.45, 2.75) is 31.0 Å². The Morgan fingerprint density at radius 3 is 2.36 bits per heavy atom. The Kier molecular flexibility index (Phi) is 4.94. The number of aromatic nitrogens is 4. The van der Waals surface area contributed by atoms with E-state index in [1.54, 1.807) is 31.6 Å². The Balaban J connectivity index is 1.71. The molecule has 0 aliphatic heterocycles. The Labute approximate surface area is 170 Å². The lowest BCUT2D eigenvalue weighted by molar-refractivity contribution is 0.394. The number of rotatable bonds is 5. The molecule has 4 aromatic rings. The summed E-state index contributed by atoms with van der Waals surface area (Å²) in [5.74, 6) is 2.41. The van der Waals surface area contributed by atoms with Crippen molar-refractivity contribution in [3.05, 3.63) is 34.5 Å². The van der Waals surface area contributed by atoms with Crippen LogP contribution in [0.4, 0.5) is 0 Å². The zero-order valence-corrected chi connectivity index (χ0v) is 17.7. The first kappa shape index (κ1) is 18.7. The molecule has 144 valence electrons. The fourth-order valence-corrected chi connectivity index (χ4v) is 4.81. The number of ether oxygens (including phenoxy) is 2. The molecule has 0 spiro atoms. The van der Waals surface area contributed by atoms with Gasteiger partial charge in [0.2, 0.25) is 5.89 Å². The summed E-state index contributed by atoms with van der Waals surface area (Å²) in [5, 5.41) is 10.6. The van der Waals surface area contributed by atoms with E-state index in [1.807, 2.05) is 19.1 Å². The summed E-state index contributed by atoms with van der Waals surface area (Å²) in [7, 11) is 3.20. The van der Waals surface area contributed by atoms with Crippen LogP contribution in [0.2, 0.25) is 0 Å². The van der Waals surface area contributed by atoms with Gasteiger partial charge in [0.15, 0.2) is 0 Å². The minimum Gasteiger partial charge on any atom is -0.497 e. The first-order valence-corrected chi connectivity index (χ1v) is 10.1. The highest BCUT2D eigenvalue weighted by atomic mass is 32.2. The first-order chi connectivity index (χ1) is 13.5. The topological polar surface area (TPSA) is 83.2 Å². The van der Waals surface area contributed by atoms with E-state index in [1.165, 1.54) is 22.2 Å². The van der Waals surface area contributed by atoms with Crippen molar-refractivity contribution in [3.63, 3.8) is 0 Å². The molecule has 3 aromatic heterocycles. The van der Waals surface area contributed by atoms with Crippen molar-refractivity contribution in [2.24, 2.45) is 0 Å². The van der Waals surface area contributed by atoms with Gasteiger partial charge in [0.25, 0.3) is 5.22 Å². The van der Waals surface area contributed by atoms with Crippen molar-refractivity contribution in [2.75, 3.05) is 14.2 Å². The monoisotopic (exact) mass is 414 g/mol. The van der Waals surface area contributed by atoms with Crippen molar-refractivity contribution in [3.8, 4) is 23.0 Å². The summed E-state index contributed by atoms with van der Waals surface area (Å²) in [5.41, 5.74) is 1.90. The van der Waals surface area contributed by atoms with Crippen molar-refractivity contribution < 1.29 is 13.9 Å². The quantitative estimate of drug-likeness (QED) is 0.429. The van der Waals surface area contributed by atoms with Crippen LogP contribution in [0.15, 0.2) is 32.9 Å². The fourth-order valence-electron chi connectivity index (χ4n) is 2.77. The molecule has 0 aliphatic rings. The van der Waals surface area contributed by atoms with E-state index in [4.69, 9.17) is 13.9 Å². The lowest BCUT2D eigenvalue weighted by Gasteiger charge is -2.05. The minimum absolute atomic E-state index is 0.389. The zero-order chi connectivity index (χ0) is 19.8. The summed E-state index contributed by atoms with van der Waals surface area (Å²) >= 11 is 3.02. The average Bonchev–Trinajstić information content (AvgIpc) is 3.25. The largest absolute Gasteiger partial charge is 0.497 e. The van der Waals surface area contributed by atoms with Crippen molar-refractivity contribution >= 4 is 33.3 Å². The smallest absolute Gasteiger partial charge is 0.283 e. The van der Waals surface area contributed by atoms with Crippen LogP contribution in [0.5, 0.6) is 11.5 Å². The van der Waals surface area contributed by atoms with Crippen LogP contribution in [-0.4, -0.2) is 34.4 Å². The Hall–Kier alpha value is -2.65. The second-order valence-corrected chi connectivity index (χ2v) is 8.26. The van der Waals surface area contributed by atoms with Gasteiger partial charge in [0, 0.05) is 21.9 Å². The molecule has 0 unspecified atom stereocenters. The van der Waals surface area contributed by atoms with E-state index in [0.29, 0.717) is 28.4 Å².